The van der Waals surface area contributed by atoms with Crippen molar-refractivity contribution in [3.8, 4) is 0 Å². The normalized spacial score (nSPS) is 18.3. The molecule has 1 aliphatic heterocycles. The molecule has 1 atom stereocenters. The van der Waals surface area contributed by atoms with E-state index < -0.39 is 4.92 Å². The first-order valence-electron chi connectivity index (χ1n) is 6.15. The Morgan fingerprint density at radius 3 is 2.89 bits per heavy atom. The van der Waals surface area contributed by atoms with E-state index in [1.165, 1.54) is 6.20 Å². The van der Waals surface area contributed by atoms with Gasteiger partial charge in [0.25, 0.3) is 0 Å². The molecule has 8 nitrogen and oxygen atoms in total. The summed E-state index contributed by atoms with van der Waals surface area (Å²) in [6.07, 6.45) is 3.21. The molecule has 0 amide bonds. The fourth-order valence-corrected chi connectivity index (χ4v) is 2.50. The van der Waals surface area contributed by atoms with Crippen LogP contribution in [0.25, 0.3) is 0 Å². The van der Waals surface area contributed by atoms with Gasteiger partial charge in [0.2, 0.25) is 0 Å². The standard InChI is InChI=1S/C11H14N6O2/c1-7-10(17(18)19)6-16(14-7)9-3-4-11-13-12-8(2)15(11)5-9/h6,9H,3-5H2,1-2H3. The molecule has 0 radical (unpaired) electrons. The molecule has 0 bridgehead atoms. The zero-order valence-corrected chi connectivity index (χ0v) is 10.8. The number of fused-ring (bicyclic) bond motifs is 1. The van der Waals surface area contributed by atoms with Crippen LogP contribution in [0.1, 0.15) is 29.8 Å². The molecule has 0 saturated carbocycles. The van der Waals surface area contributed by atoms with Crippen molar-refractivity contribution in [3.05, 3.63) is 33.7 Å². The lowest BCUT2D eigenvalue weighted by atomic mass is 10.1. The van der Waals surface area contributed by atoms with Crippen LogP contribution in [0.4, 0.5) is 5.69 Å². The van der Waals surface area contributed by atoms with Gasteiger partial charge >= 0.3 is 5.69 Å². The van der Waals surface area contributed by atoms with E-state index in [-0.39, 0.29) is 11.7 Å². The van der Waals surface area contributed by atoms with Gasteiger partial charge in [0.1, 0.15) is 23.5 Å². The fraction of sp³-hybridized carbons (Fsp3) is 0.545. The van der Waals surface area contributed by atoms with Crippen LogP contribution in [0.2, 0.25) is 0 Å². The van der Waals surface area contributed by atoms with Gasteiger partial charge < -0.3 is 4.57 Å². The SMILES string of the molecule is Cc1nn(C2CCc3nnc(C)n3C2)cc1[N+](=O)[O-]. The second kappa shape index (κ2) is 4.15. The third kappa shape index (κ3) is 1.88. The molecule has 1 aliphatic rings. The van der Waals surface area contributed by atoms with Crippen molar-refractivity contribution in [1.29, 1.82) is 0 Å². The second-order valence-electron chi connectivity index (χ2n) is 4.80. The number of aromatic nitrogens is 5. The molecule has 0 aliphatic carbocycles. The van der Waals surface area contributed by atoms with E-state index in [4.69, 9.17) is 0 Å². The van der Waals surface area contributed by atoms with Crippen LogP contribution in [-0.4, -0.2) is 29.5 Å². The van der Waals surface area contributed by atoms with Crippen LogP contribution in [0.15, 0.2) is 6.20 Å². The summed E-state index contributed by atoms with van der Waals surface area (Å²) in [6, 6.07) is 0.120. The molecule has 2 aromatic heterocycles. The predicted octanol–water partition coefficient (Wildman–Crippen LogP) is 1.19. The maximum atomic E-state index is 10.9. The molecular formula is C11H14N6O2. The first kappa shape index (κ1) is 11.8. The lowest BCUT2D eigenvalue weighted by Crippen LogP contribution is -2.24. The molecule has 0 fully saturated rings. The number of nitrogens with zero attached hydrogens (tertiary/aromatic N) is 6. The average molecular weight is 262 g/mol. The summed E-state index contributed by atoms with van der Waals surface area (Å²) in [6.45, 7) is 4.29. The minimum atomic E-state index is -0.392. The Morgan fingerprint density at radius 2 is 2.21 bits per heavy atom. The lowest BCUT2D eigenvalue weighted by Gasteiger charge is -2.23. The summed E-state index contributed by atoms with van der Waals surface area (Å²) in [4.78, 5) is 10.5. The molecule has 3 rings (SSSR count). The molecule has 2 aromatic rings. The van der Waals surface area contributed by atoms with Crippen molar-refractivity contribution in [1.82, 2.24) is 24.5 Å². The van der Waals surface area contributed by atoms with Gasteiger partial charge in [0, 0.05) is 13.0 Å². The first-order valence-corrected chi connectivity index (χ1v) is 6.15. The van der Waals surface area contributed by atoms with E-state index in [0.717, 1.165) is 24.5 Å². The number of aryl methyl sites for hydroxylation is 3. The topological polar surface area (TPSA) is 91.7 Å². The van der Waals surface area contributed by atoms with E-state index in [1.54, 1.807) is 11.6 Å². The Bertz CT molecular complexity index is 644. The summed E-state index contributed by atoms with van der Waals surface area (Å²) in [5.74, 6) is 1.85. The number of hydrogen-bond acceptors (Lipinski definition) is 5. The highest BCUT2D eigenvalue weighted by Gasteiger charge is 2.26. The molecule has 3 heterocycles. The highest BCUT2D eigenvalue weighted by molar-refractivity contribution is 5.31. The van der Waals surface area contributed by atoms with Crippen molar-refractivity contribution >= 4 is 5.69 Å². The van der Waals surface area contributed by atoms with Crippen LogP contribution in [-0.2, 0) is 13.0 Å². The maximum Gasteiger partial charge on any atom is 0.309 e. The van der Waals surface area contributed by atoms with Gasteiger partial charge in [-0.1, -0.05) is 0 Å². The van der Waals surface area contributed by atoms with E-state index in [2.05, 4.69) is 19.9 Å². The van der Waals surface area contributed by atoms with E-state index >= 15 is 0 Å². The summed E-state index contributed by atoms with van der Waals surface area (Å²) < 4.78 is 3.76. The number of hydrogen-bond donors (Lipinski definition) is 0. The predicted molar refractivity (Wildman–Crippen MR) is 65.7 cm³/mol. The molecular weight excluding hydrogens is 248 g/mol. The molecule has 0 saturated heterocycles. The summed E-state index contributed by atoms with van der Waals surface area (Å²) in [5, 5.41) is 23.3. The number of nitro groups is 1. The molecule has 0 N–H and O–H groups in total. The van der Waals surface area contributed by atoms with Crippen LogP contribution < -0.4 is 0 Å². The van der Waals surface area contributed by atoms with Crippen molar-refractivity contribution in [3.63, 3.8) is 0 Å². The maximum absolute atomic E-state index is 10.9. The van der Waals surface area contributed by atoms with Gasteiger partial charge in [-0.15, -0.1) is 10.2 Å². The van der Waals surface area contributed by atoms with Crippen LogP contribution in [0.3, 0.4) is 0 Å². The largest absolute Gasteiger partial charge is 0.313 e. The monoisotopic (exact) mass is 262 g/mol. The van der Waals surface area contributed by atoms with Gasteiger partial charge in [-0.2, -0.15) is 5.10 Å². The smallest absolute Gasteiger partial charge is 0.309 e. The Labute approximate surface area is 109 Å². The van der Waals surface area contributed by atoms with Gasteiger partial charge in [-0.25, -0.2) is 0 Å². The zero-order valence-electron chi connectivity index (χ0n) is 10.8. The summed E-state index contributed by atoms with van der Waals surface area (Å²) in [7, 11) is 0. The van der Waals surface area contributed by atoms with Crippen molar-refractivity contribution in [2.45, 2.75) is 39.3 Å². The Hall–Kier alpha value is -2.25. The van der Waals surface area contributed by atoms with Crippen molar-refractivity contribution in [2.75, 3.05) is 0 Å². The molecule has 19 heavy (non-hydrogen) atoms. The summed E-state index contributed by atoms with van der Waals surface area (Å²) >= 11 is 0. The Kier molecular flexibility index (Phi) is 2.58. The third-order valence-electron chi connectivity index (χ3n) is 3.57. The second-order valence-corrected chi connectivity index (χ2v) is 4.80. The van der Waals surface area contributed by atoms with Crippen molar-refractivity contribution < 1.29 is 4.92 Å². The molecule has 1 unspecified atom stereocenters. The minimum Gasteiger partial charge on any atom is -0.313 e. The van der Waals surface area contributed by atoms with E-state index in [9.17, 15) is 10.1 Å². The summed E-state index contributed by atoms with van der Waals surface area (Å²) in [5.41, 5.74) is 0.530. The van der Waals surface area contributed by atoms with Gasteiger partial charge in [0.05, 0.1) is 11.0 Å². The van der Waals surface area contributed by atoms with Crippen molar-refractivity contribution in [2.24, 2.45) is 0 Å². The molecule has 0 aromatic carbocycles. The fourth-order valence-electron chi connectivity index (χ4n) is 2.50. The minimum absolute atomic E-state index is 0.0753. The van der Waals surface area contributed by atoms with E-state index in [1.807, 2.05) is 6.92 Å². The van der Waals surface area contributed by atoms with Crippen LogP contribution in [0.5, 0.6) is 0 Å². The third-order valence-corrected chi connectivity index (χ3v) is 3.57. The zero-order chi connectivity index (χ0) is 13.6. The average Bonchev–Trinajstić information content (AvgIpc) is 2.93. The molecule has 0 spiro atoms. The van der Waals surface area contributed by atoms with E-state index in [0.29, 0.717) is 12.2 Å². The van der Waals surface area contributed by atoms with Crippen LogP contribution >= 0.6 is 0 Å². The van der Waals surface area contributed by atoms with Gasteiger partial charge in [-0.3, -0.25) is 14.8 Å². The Balaban J connectivity index is 1.91. The molecule has 100 valence electrons. The Morgan fingerprint density at radius 1 is 1.42 bits per heavy atom. The van der Waals surface area contributed by atoms with Gasteiger partial charge in [-0.05, 0) is 20.3 Å². The quantitative estimate of drug-likeness (QED) is 0.598. The molecule has 8 heteroatoms. The van der Waals surface area contributed by atoms with Gasteiger partial charge in [0.15, 0.2) is 0 Å². The lowest BCUT2D eigenvalue weighted by molar-refractivity contribution is -0.385. The van der Waals surface area contributed by atoms with Crippen LogP contribution in [0, 0.1) is 24.0 Å². The highest BCUT2D eigenvalue weighted by Crippen LogP contribution is 2.26. The highest BCUT2D eigenvalue weighted by atomic mass is 16.6. The first-order chi connectivity index (χ1) is 9.06. The number of rotatable bonds is 2.